The summed E-state index contributed by atoms with van der Waals surface area (Å²) in [7, 11) is 0. The van der Waals surface area contributed by atoms with Crippen LogP contribution >= 0.6 is 23.1 Å². The van der Waals surface area contributed by atoms with Crippen molar-refractivity contribution in [3.05, 3.63) is 29.5 Å². The van der Waals surface area contributed by atoms with E-state index in [1.165, 1.54) is 16.6 Å². The van der Waals surface area contributed by atoms with Crippen LogP contribution in [0.4, 0.5) is 5.95 Å². The lowest BCUT2D eigenvalue weighted by Crippen LogP contribution is -2.10. The van der Waals surface area contributed by atoms with E-state index in [2.05, 4.69) is 38.4 Å². The zero-order chi connectivity index (χ0) is 13.9. The third kappa shape index (κ3) is 2.58. The van der Waals surface area contributed by atoms with Gasteiger partial charge >= 0.3 is 0 Å². The standard InChI is InChI=1S/C12H12N6S2/c1-2-7-5-8-10(19-7)16-12(18-13)17-11(8)20-9-6-14-3-4-15-9/h3-6H,2,13H2,1H3,(H,16,17,18). The Kier molecular flexibility index (Phi) is 3.77. The highest BCUT2D eigenvalue weighted by Crippen LogP contribution is 2.35. The first kappa shape index (κ1) is 13.2. The van der Waals surface area contributed by atoms with Crippen LogP contribution in [0, 0.1) is 0 Å². The highest BCUT2D eigenvalue weighted by molar-refractivity contribution is 7.99. The number of aromatic nitrogens is 4. The smallest absolute Gasteiger partial charge is 0.239 e. The van der Waals surface area contributed by atoms with E-state index in [-0.39, 0.29) is 0 Å². The number of nitrogens with two attached hydrogens (primary N) is 1. The molecule has 3 rings (SSSR count). The van der Waals surface area contributed by atoms with E-state index in [4.69, 9.17) is 5.84 Å². The van der Waals surface area contributed by atoms with Crippen molar-refractivity contribution < 1.29 is 0 Å². The fraction of sp³-hybridized carbons (Fsp3) is 0.167. The van der Waals surface area contributed by atoms with Gasteiger partial charge in [0.25, 0.3) is 0 Å². The van der Waals surface area contributed by atoms with Crippen LogP contribution in [0.15, 0.2) is 34.7 Å². The van der Waals surface area contributed by atoms with Crippen LogP contribution in [0.2, 0.25) is 0 Å². The van der Waals surface area contributed by atoms with Gasteiger partial charge in [-0.15, -0.1) is 11.3 Å². The van der Waals surface area contributed by atoms with Crippen molar-refractivity contribution in [1.29, 1.82) is 0 Å². The molecule has 3 aromatic rings. The van der Waals surface area contributed by atoms with Crippen LogP contribution in [-0.4, -0.2) is 19.9 Å². The van der Waals surface area contributed by atoms with Crippen molar-refractivity contribution in [3.63, 3.8) is 0 Å². The number of nitrogens with zero attached hydrogens (tertiary/aromatic N) is 4. The summed E-state index contributed by atoms with van der Waals surface area (Å²) in [6.45, 7) is 2.12. The molecule has 6 nitrogen and oxygen atoms in total. The highest BCUT2D eigenvalue weighted by atomic mass is 32.2. The van der Waals surface area contributed by atoms with E-state index in [0.29, 0.717) is 5.95 Å². The second kappa shape index (κ2) is 5.70. The van der Waals surface area contributed by atoms with Crippen molar-refractivity contribution in [1.82, 2.24) is 19.9 Å². The Morgan fingerprint density at radius 3 is 2.95 bits per heavy atom. The molecule has 3 N–H and O–H groups in total. The van der Waals surface area contributed by atoms with Crippen molar-refractivity contribution >= 4 is 39.3 Å². The molecule has 0 aromatic carbocycles. The van der Waals surface area contributed by atoms with E-state index >= 15 is 0 Å². The molecule has 0 unspecified atom stereocenters. The number of aryl methyl sites for hydroxylation is 1. The number of nitrogen functional groups attached to an aromatic ring is 1. The van der Waals surface area contributed by atoms with Crippen molar-refractivity contribution in [2.24, 2.45) is 5.84 Å². The first-order valence-corrected chi connectivity index (χ1v) is 7.64. The zero-order valence-electron chi connectivity index (χ0n) is 10.7. The third-order valence-electron chi connectivity index (χ3n) is 2.63. The number of fused-ring (bicyclic) bond motifs is 1. The maximum Gasteiger partial charge on any atom is 0.239 e. The normalized spacial score (nSPS) is 10.9. The minimum Gasteiger partial charge on any atom is -0.292 e. The molecule has 0 aliphatic heterocycles. The predicted molar refractivity (Wildman–Crippen MR) is 80.8 cm³/mol. The van der Waals surface area contributed by atoms with E-state index in [1.807, 2.05) is 0 Å². The van der Waals surface area contributed by atoms with Crippen LogP contribution in [-0.2, 0) is 6.42 Å². The Labute approximate surface area is 123 Å². The van der Waals surface area contributed by atoms with E-state index in [0.717, 1.165) is 26.7 Å². The topological polar surface area (TPSA) is 89.6 Å². The molecule has 20 heavy (non-hydrogen) atoms. The molecule has 0 saturated carbocycles. The summed E-state index contributed by atoms with van der Waals surface area (Å²) in [6, 6.07) is 2.12. The fourth-order valence-corrected chi connectivity index (χ4v) is 3.55. The van der Waals surface area contributed by atoms with E-state index < -0.39 is 0 Å². The molecule has 0 atom stereocenters. The Morgan fingerprint density at radius 2 is 2.25 bits per heavy atom. The second-order valence-electron chi connectivity index (χ2n) is 3.93. The van der Waals surface area contributed by atoms with Crippen molar-refractivity contribution in [2.45, 2.75) is 23.4 Å². The minimum absolute atomic E-state index is 0.411. The molecule has 0 spiro atoms. The molecular formula is C12H12N6S2. The number of thiophene rings is 1. The second-order valence-corrected chi connectivity index (χ2v) is 6.05. The summed E-state index contributed by atoms with van der Waals surface area (Å²) < 4.78 is 0. The van der Waals surface area contributed by atoms with Crippen LogP contribution in [0.25, 0.3) is 10.2 Å². The van der Waals surface area contributed by atoms with Crippen molar-refractivity contribution in [3.8, 4) is 0 Å². The van der Waals surface area contributed by atoms with Gasteiger partial charge in [0.15, 0.2) is 0 Å². The molecule has 3 heterocycles. The summed E-state index contributed by atoms with van der Waals surface area (Å²) in [5.74, 6) is 5.85. The number of hydrogen-bond donors (Lipinski definition) is 2. The lowest BCUT2D eigenvalue weighted by Gasteiger charge is -2.04. The van der Waals surface area contributed by atoms with E-state index in [1.54, 1.807) is 29.9 Å². The predicted octanol–water partition coefficient (Wildman–Crippen LogP) is 2.48. The SMILES string of the molecule is CCc1cc2c(Sc3cnccn3)nc(NN)nc2s1. The van der Waals surface area contributed by atoms with Gasteiger partial charge in [0.05, 0.1) is 6.20 Å². The number of anilines is 1. The number of hydrazine groups is 1. The average molecular weight is 304 g/mol. The van der Waals surface area contributed by atoms with Crippen LogP contribution in [0.5, 0.6) is 0 Å². The largest absolute Gasteiger partial charge is 0.292 e. The zero-order valence-corrected chi connectivity index (χ0v) is 12.3. The van der Waals surface area contributed by atoms with Gasteiger partial charge < -0.3 is 0 Å². The molecule has 0 aliphatic rings. The molecule has 3 aromatic heterocycles. The van der Waals surface area contributed by atoms with Gasteiger partial charge in [-0.05, 0) is 24.2 Å². The molecule has 0 radical (unpaired) electrons. The molecule has 8 heteroatoms. The Bertz CT molecular complexity index is 727. The molecule has 102 valence electrons. The van der Waals surface area contributed by atoms with Gasteiger partial charge in [0.1, 0.15) is 14.9 Å². The van der Waals surface area contributed by atoms with E-state index in [9.17, 15) is 0 Å². The molecular weight excluding hydrogens is 292 g/mol. The van der Waals surface area contributed by atoms with Gasteiger partial charge in [-0.3, -0.25) is 10.4 Å². The quantitative estimate of drug-likeness (QED) is 0.435. The summed E-state index contributed by atoms with van der Waals surface area (Å²) in [4.78, 5) is 19.3. The lowest BCUT2D eigenvalue weighted by molar-refractivity contribution is 1.04. The third-order valence-corrected chi connectivity index (χ3v) is 4.72. The molecule has 0 amide bonds. The monoisotopic (exact) mass is 304 g/mol. The summed E-state index contributed by atoms with van der Waals surface area (Å²) in [5.41, 5.74) is 2.51. The molecule has 0 saturated heterocycles. The Morgan fingerprint density at radius 1 is 1.35 bits per heavy atom. The van der Waals surface area contributed by atoms with Crippen LogP contribution < -0.4 is 11.3 Å². The van der Waals surface area contributed by atoms with Gasteiger partial charge in [-0.25, -0.2) is 20.8 Å². The summed E-state index contributed by atoms with van der Waals surface area (Å²) in [6.07, 6.45) is 5.99. The first-order chi connectivity index (χ1) is 9.80. The summed E-state index contributed by atoms with van der Waals surface area (Å²) >= 11 is 3.11. The molecule has 0 fully saturated rings. The summed E-state index contributed by atoms with van der Waals surface area (Å²) in [5, 5.41) is 2.65. The van der Waals surface area contributed by atoms with Gasteiger partial charge in [-0.2, -0.15) is 0 Å². The highest BCUT2D eigenvalue weighted by Gasteiger charge is 2.12. The van der Waals surface area contributed by atoms with Crippen molar-refractivity contribution in [2.75, 3.05) is 5.43 Å². The van der Waals surface area contributed by atoms with Gasteiger partial charge in [0, 0.05) is 22.7 Å². The minimum atomic E-state index is 0.411. The Balaban J connectivity index is 2.09. The van der Waals surface area contributed by atoms with Crippen LogP contribution in [0.1, 0.15) is 11.8 Å². The molecule has 0 bridgehead atoms. The Hall–Kier alpha value is -1.77. The van der Waals surface area contributed by atoms with Gasteiger partial charge in [0.2, 0.25) is 5.95 Å². The van der Waals surface area contributed by atoms with Crippen LogP contribution in [0.3, 0.4) is 0 Å². The van der Waals surface area contributed by atoms with Gasteiger partial charge in [-0.1, -0.05) is 6.92 Å². The lowest BCUT2D eigenvalue weighted by atomic mass is 10.3. The number of hydrogen-bond acceptors (Lipinski definition) is 8. The first-order valence-electron chi connectivity index (χ1n) is 6.01. The fourth-order valence-electron chi connectivity index (χ4n) is 1.70. The number of nitrogens with one attached hydrogen (secondary N) is 1. The molecule has 0 aliphatic carbocycles. The average Bonchev–Trinajstić information content (AvgIpc) is 2.91. The number of rotatable bonds is 4. The maximum absolute atomic E-state index is 5.43. The maximum atomic E-state index is 5.43.